The molecule has 0 saturated carbocycles. The van der Waals surface area contributed by atoms with Crippen LogP contribution in [0.3, 0.4) is 0 Å². The summed E-state index contributed by atoms with van der Waals surface area (Å²) >= 11 is 0. The Bertz CT molecular complexity index is 1630. The minimum absolute atomic E-state index is 0.381. The summed E-state index contributed by atoms with van der Waals surface area (Å²) < 4.78 is 46.7. The lowest BCUT2D eigenvalue weighted by atomic mass is 10.1. The Kier molecular flexibility index (Phi) is 5.75. The largest absolute Gasteiger partial charge is 0.417 e. The number of para-hydroxylation sites is 1. The van der Waals surface area contributed by atoms with Crippen molar-refractivity contribution >= 4 is 27.8 Å². The molecule has 0 bridgehead atoms. The molecular formula is C27H24F3N5O2. The Hall–Kier alpha value is -4.05. The number of aromatic nitrogens is 3. The van der Waals surface area contributed by atoms with Crippen LogP contribution in [-0.4, -0.2) is 52.4 Å². The van der Waals surface area contributed by atoms with Crippen molar-refractivity contribution in [3.05, 3.63) is 88.4 Å². The molecule has 1 N–H and O–H groups in total. The number of nitrogens with one attached hydrogen (secondary N) is 1. The SMILES string of the molecule is O=c1[nH]c2ccc(CCN3CCN(c4nn(-c5cccc(C(F)(F)F)c5)c5ccccc45)CC3)cc2o1. The van der Waals surface area contributed by atoms with E-state index in [0.29, 0.717) is 16.8 Å². The van der Waals surface area contributed by atoms with Gasteiger partial charge in [0.15, 0.2) is 11.4 Å². The molecule has 190 valence electrons. The number of oxazole rings is 1. The zero-order chi connectivity index (χ0) is 25.6. The summed E-state index contributed by atoms with van der Waals surface area (Å²) in [5, 5.41) is 5.69. The van der Waals surface area contributed by atoms with Crippen LogP contribution >= 0.6 is 0 Å². The standard InChI is InChI=1S/C27H24F3N5O2/c28-27(29,30)19-4-3-5-20(17-19)35-23-7-2-1-6-21(23)25(32-35)34-14-12-33(13-15-34)11-10-18-8-9-22-24(16-18)37-26(36)31-22/h1-9,16-17H,10-15H2,(H,31,36). The molecule has 37 heavy (non-hydrogen) atoms. The number of nitrogens with zero attached hydrogens (tertiary/aromatic N) is 4. The summed E-state index contributed by atoms with van der Waals surface area (Å²) in [5.74, 6) is 0.326. The quantitative estimate of drug-likeness (QED) is 0.369. The molecule has 3 heterocycles. The van der Waals surface area contributed by atoms with E-state index in [1.165, 1.54) is 6.07 Å². The highest BCUT2D eigenvalue weighted by atomic mass is 19.4. The molecule has 2 aromatic heterocycles. The van der Waals surface area contributed by atoms with E-state index >= 15 is 0 Å². The van der Waals surface area contributed by atoms with Gasteiger partial charge in [0.05, 0.1) is 22.3 Å². The Morgan fingerprint density at radius 3 is 2.57 bits per heavy atom. The van der Waals surface area contributed by atoms with Crippen LogP contribution in [-0.2, 0) is 12.6 Å². The third-order valence-corrected chi connectivity index (χ3v) is 6.86. The second-order valence-electron chi connectivity index (χ2n) is 9.22. The molecule has 0 atom stereocenters. The van der Waals surface area contributed by atoms with Crippen LogP contribution in [0.5, 0.6) is 0 Å². The summed E-state index contributed by atoms with van der Waals surface area (Å²) in [5.41, 5.74) is 2.81. The first-order chi connectivity index (χ1) is 17.8. The van der Waals surface area contributed by atoms with Crippen LogP contribution in [0.25, 0.3) is 27.7 Å². The summed E-state index contributed by atoms with van der Waals surface area (Å²) in [6.45, 7) is 4.07. The molecular weight excluding hydrogens is 483 g/mol. The zero-order valence-electron chi connectivity index (χ0n) is 19.8. The number of anilines is 1. The number of H-pyrrole nitrogens is 1. The molecule has 5 aromatic rings. The van der Waals surface area contributed by atoms with Crippen molar-refractivity contribution in [1.29, 1.82) is 0 Å². The normalized spacial score (nSPS) is 15.2. The van der Waals surface area contributed by atoms with Crippen molar-refractivity contribution in [3.8, 4) is 5.69 Å². The second-order valence-corrected chi connectivity index (χ2v) is 9.22. The predicted octanol–water partition coefficient (Wildman–Crippen LogP) is 4.84. The third-order valence-electron chi connectivity index (χ3n) is 6.86. The third kappa shape index (κ3) is 4.60. The lowest BCUT2D eigenvalue weighted by molar-refractivity contribution is -0.137. The lowest BCUT2D eigenvalue weighted by Gasteiger charge is -2.35. The van der Waals surface area contributed by atoms with E-state index < -0.39 is 17.5 Å². The molecule has 7 nitrogen and oxygen atoms in total. The smallest absolute Gasteiger partial charge is 0.408 e. The fourth-order valence-electron chi connectivity index (χ4n) is 4.91. The van der Waals surface area contributed by atoms with Crippen LogP contribution in [0.4, 0.5) is 19.0 Å². The minimum Gasteiger partial charge on any atom is -0.408 e. The van der Waals surface area contributed by atoms with E-state index in [-0.39, 0.29) is 0 Å². The Balaban J connectivity index is 1.18. The summed E-state index contributed by atoms with van der Waals surface area (Å²) in [6.07, 6.45) is -3.59. The number of hydrogen-bond acceptors (Lipinski definition) is 5. The average molecular weight is 508 g/mol. The summed E-state index contributed by atoms with van der Waals surface area (Å²) in [6, 6.07) is 18.6. The van der Waals surface area contributed by atoms with E-state index in [9.17, 15) is 18.0 Å². The number of halogens is 3. The highest BCUT2D eigenvalue weighted by molar-refractivity contribution is 5.92. The molecule has 6 rings (SSSR count). The highest BCUT2D eigenvalue weighted by Gasteiger charge is 2.31. The van der Waals surface area contributed by atoms with Crippen molar-refractivity contribution in [2.75, 3.05) is 37.6 Å². The van der Waals surface area contributed by atoms with E-state index in [0.717, 1.165) is 73.6 Å². The Morgan fingerprint density at radius 1 is 0.946 bits per heavy atom. The van der Waals surface area contributed by atoms with Crippen molar-refractivity contribution in [2.45, 2.75) is 12.6 Å². The summed E-state index contributed by atoms with van der Waals surface area (Å²) in [4.78, 5) is 18.6. The molecule has 1 aliphatic rings. The van der Waals surface area contributed by atoms with E-state index in [2.05, 4.69) is 14.8 Å². The van der Waals surface area contributed by atoms with Gasteiger partial charge in [-0.1, -0.05) is 24.3 Å². The highest BCUT2D eigenvalue weighted by Crippen LogP contribution is 2.33. The van der Waals surface area contributed by atoms with E-state index in [4.69, 9.17) is 9.52 Å². The van der Waals surface area contributed by atoms with E-state index in [1.54, 1.807) is 10.7 Å². The molecule has 1 saturated heterocycles. The second kappa shape index (κ2) is 9.11. The van der Waals surface area contributed by atoms with Crippen molar-refractivity contribution in [3.63, 3.8) is 0 Å². The molecule has 0 amide bonds. The van der Waals surface area contributed by atoms with Gasteiger partial charge in [-0.05, 0) is 54.4 Å². The van der Waals surface area contributed by atoms with Gasteiger partial charge in [-0.2, -0.15) is 13.2 Å². The predicted molar refractivity (Wildman–Crippen MR) is 135 cm³/mol. The zero-order valence-corrected chi connectivity index (χ0v) is 19.8. The Labute approximate surface area is 209 Å². The summed E-state index contributed by atoms with van der Waals surface area (Å²) in [7, 11) is 0. The van der Waals surface area contributed by atoms with Crippen LogP contribution in [0.2, 0.25) is 0 Å². The fourth-order valence-corrected chi connectivity index (χ4v) is 4.91. The van der Waals surface area contributed by atoms with Gasteiger partial charge in [0, 0.05) is 38.1 Å². The van der Waals surface area contributed by atoms with Crippen LogP contribution in [0.1, 0.15) is 11.1 Å². The number of fused-ring (bicyclic) bond motifs is 2. The van der Waals surface area contributed by atoms with Crippen molar-refractivity contribution in [2.24, 2.45) is 0 Å². The molecule has 10 heteroatoms. The van der Waals surface area contributed by atoms with Gasteiger partial charge in [-0.15, -0.1) is 5.10 Å². The topological polar surface area (TPSA) is 70.3 Å². The maximum Gasteiger partial charge on any atom is 0.417 e. The van der Waals surface area contributed by atoms with Gasteiger partial charge in [0.1, 0.15) is 0 Å². The first-order valence-corrected chi connectivity index (χ1v) is 12.1. The van der Waals surface area contributed by atoms with Gasteiger partial charge >= 0.3 is 11.9 Å². The number of piperazine rings is 1. The lowest BCUT2D eigenvalue weighted by Crippen LogP contribution is -2.47. The van der Waals surface area contributed by atoms with Crippen LogP contribution < -0.4 is 10.7 Å². The number of rotatable bonds is 5. The number of alkyl halides is 3. The first-order valence-electron chi connectivity index (χ1n) is 12.1. The number of aromatic amines is 1. The molecule has 3 aromatic carbocycles. The maximum atomic E-state index is 13.3. The van der Waals surface area contributed by atoms with Gasteiger partial charge in [0.2, 0.25) is 0 Å². The Morgan fingerprint density at radius 2 is 1.76 bits per heavy atom. The first kappa shape index (κ1) is 23.4. The average Bonchev–Trinajstić information content (AvgIpc) is 3.47. The number of benzene rings is 3. The van der Waals surface area contributed by atoms with Gasteiger partial charge in [-0.3, -0.25) is 9.88 Å². The van der Waals surface area contributed by atoms with Gasteiger partial charge < -0.3 is 9.32 Å². The van der Waals surface area contributed by atoms with Crippen LogP contribution in [0.15, 0.2) is 75.9 Å². The van der Waals surface area contributed by atoms with Crippen molar-refractivity contribution in [1.82, 2.24) is 19.7 Å². The number of hydrogen-bond donors (Lipinski definition) is 1. The molecule has 0 radical (unpaired) electrons. The maximum absolute atomic E-state index is 13.3. The fraction of sp³-hybridized carbons (Fsp3) is 0.259. The van der Waals surface area contributed by atoms with E-state index in [1.807, 2.05) is 42.5 Å². The minimum atomic E-state index is -4.42. The molecule has 1 fully saturated rings. The van der Waals surface area contributed by atoms with Crippen LogP contribution in [0, 0.1) is 0 Å². The molecule has 1 aliphatic heterocycles. The van der Waals surface area contributed by atoms with Gasteiger partial charge in [-0.25, -0.2) is 9.48 Å². The molecule has 0 aliphatic carbocycles. The molecule has 0 spiro atoms. The molecule has 0 unspecified atom stereocenters. The van der Waals surface area contributed by atoms with Gasteiger partial charge in [0.25, 0.3) is 0 Å². The van der Waals surface area contributed by atoms with Crippen molar-refractivity contribution < 1.29 is 17.6 Å². The monoisotopic (exact) mass is 507 g/mol.